The van der Waals surface area contributed by atoms with Crippen molar-refractivity contribution in [3.63, 3.8) is 0 Å². The van der Waals surface area contributed by atoms with Gasteiger partial charge in [-0.05, 0) is 26.0 Å². The van der Waals surface area contributed by atoms with E-state index in [0.717, 1.165) is 0 Å². The molecule has 0 unspecified atom stereocenters. The quantitative estimate of drug-likeness (QED) is 0.622. The third kappa shape index (κ3) is 4.03. The molecule has 0 atom stereocenters. The molecule has 0 saturated heterocycles. The fraction of sp³-hybridized carbons (Fsp3) is 0.294. The number of esters is 1. The molecule has 3 N–H and O–H groups in total. The van der Waals surface area contributed by atoms with Crippen LogP contribution in [0.2, 0.25) is 0 Å². The lowest BCUT2D eigenvalue weighted by Gasteiger charge is -2.11. The van der Waals surface area contributed by atoms with E-state index < -0.39 is 33.3 Å². The van der Waals surface area contributed by atoms with Crippen molar-refractivity contribution < 1.29 is 36.6 Å². The summed E-state index contributed by atoms with van der Waals surface area (Å²) in [5, 5.41) is 0. The Balaban J connectivity index is 2.51. The van der Waals surface area contributed by atoms with Gasteiger partial charge in [-0.15, -0.1) is 0 Å². The van der Waals surface area contributed by atoms with Crippen molar-refractivity contribution in [2.75, 3.05) is 25.5 Å². The zero-order valence-corrected chi connectivity index (χ0v) is 16.5. The molecule has 1 heterocycles. The molecular formula is C17H20N2O8S. The van der Waals surface area contributed by atoms with Crippen molar-refractivity contribution in [3.8, 4) is 11.5 Å². The predicted octanol–water partition coefficient (Wildman–Crippen LogP) is 1.68. The number of nitrogens with two attached hydrogens (primary N) is 1. The van der Waals surface area contributed by atoms with Crippen LogP contribution in [0.4, 0.5) is 5.88 Å². The van der Waals surface area contributed by atoms with E-state index in [1.807, 2.05) is 0 Å². The van der Waals surface area contributed by atoms with E-state index in [1.165, 1.54) is 39.3 Å². The number of methoxy groups -OCH3 is 2. The number of carbonyl (C=O) groups is 2. The molecular weight excluding hydrogens is 392 g/mol. The number of sulfonamides is 1. The van der Waals surface area contributed by atoms with Gasteiger partial charge in [-0.3, -0.25) is 4.79 Å². The maximum atomic E-state index is 12.7. The molecule has 1 aromatic carbocycles. The standard InChI is InChI=1S/C17H20N2O8S/c1-5-26-17(21)13-9(2)27-16(14(13)15(18)20)19-28(22,23)10-6-7-11(24-3)12(8-10)25-4/h6-8,19H,5H2,1-4H3,(H2,18,20). The van der Waals surface area contributed by atoms with Crippen LogP contribution < -0.4 is 19.9 Å². The average Bonchev–Trinajstić information content (AvgIpc) is 2.96. The Bertz CT molecular complexity index is 1010. The number of carbonyl (C=O) groups excluding carboxylic acids is 2. The number of hydrogen-bond acceptors (Lipinski definition) is 8. The van der Waals surface area contributed by atoms with Gasteiger partial charge in [-0.1, -0.05) is 0 Å². The van der Waals surface area contributed by atoms with Gasteiger partial charge in [0.2, 0.25) is 5.88 Å². The lowest BCUT2D eigenvalue weighted by molar-refractivity contribution is 0.0521. The van der Waals surface area contributed by atoms with Crippen LogP contribution in [0.3, 0.4) is 0 Å². The third-order valence-corrected chi connectivity index (χ3v) is 5.03. The summed E-state index contributed by atoms with van der Waals surface area (Å²) in [6.45, 7) is 3.01. The summed E-state index contributed by atoms with van der Waals surface area (Å²) in [7, 11) is -1.44. The van der Waals surface area contributed by atoms with Gasteiger partial charge >= 0.3 is 5.97 Å². The maximum Gasteiger partial charge on any atom is 0.342 e. The topological polar surface area (TPSA) is 147 Å². The number of amides is 1. The van der Waals surface area contributed by atoms with Crippen molar-refractivity contribution in [1.82, 2.24) is 0 Å². The van der Waals surface area contributed by atoms with Crippen LogP contribution >= 0.6 is 0 Å². The minimum absolute atomic E-state index is 0.0164. The molecule has 2 rings (SSSR count). The Morgan fingerprint density at radius 3 is 2.32 bits per heavy atom. The first-order chi connectivity index (χ1) is 13.2. The van der Waals surface area contributed by atoms with E-state index in [4.69, 9.17) is 24.4 Å². The largest absolute Gasteiger partial charge is 0.493 e. The highest BCUT2D eigenvalue weighted by molar-refractivity contribution is 7.92. The molecule has 28 heavy (non-hydrogen) atoms. The highest BCUT2D eigenvalue weighted by Crippen LogP contribution is 2.32. The van der Waals surface area contributed by atoms with Crippen molar-refractivity contribution in [2.45, 2.75) is 18.7 Å². The van der Waals surface area contributed by atoms with Gasteiger partial charge in [0.15, 0.2) is 11.5 Å². The second kappa shape index (κ2) is 8.21. The first-order valence-corrected chi connectivity index (χ1v) is 9.49. The van der Waals surface area contributed by atoms with Gasteiger partial charge in [-0.25, -0.2) is 17.9 Å². The van der Waals surface area contributed by atoms with Gasteiger partial charge in [0.25, 0.3) is 15.9 Å². The van der Waals surface area contributed by atoms with E-state index in [9.17, 15) is 18.0 Å². The minimum Gasteiger partial charge on any atom is -0.493 e. The zero-order chi connectivity index (χ0) is 21.1. The fourth-order valence-corrected chi connectivity index (χ4v) is 3.48. The number of nitrogens with one attached hydrogen (secondary N) is 1. The molecule has 0 fully saturated rings. The zero-order valence-electron chi connectivity index (χ0n) is 15.7. The van der Waals surface area contributed by atoms with Crippen LogP contribution in [0, 0.1) is 6.92 Å². The molecule has 0 spiro atoms. The molecule has 0 aliphatic rings. The number of rotatable bonds is 8. The molecule has 2 aromatic rings. The number of benzene rings is 1. The lowest BCUT2D eigenvalue weighted by Crippen LogP contribution is -2.20. The smallest absolute Gasteiger partial charge is 0.342 e. The summed E-state index contributed by atoms with van der Waals surface area (Å²) in [5.74, 6) is -1.89. The Kier molecular flexibility index (Phi) is 6.19. The molecule has 0 radical (unpaired) electrons. The Labute approximate surface area is 161 Å². The SMILES string of the molecule is CCOC(=O)c1c(C)oc(NS(=O)(=O)c2ccc(OC)c(OC)c2)c1C(N)=O. The number of hydrogen-bond donors (Lipinski definition) is 2. The number of aryl methyl sites for hydroxylation is 1. The summed E-state index contributed by atoms with van der Waals surface area (Å²) in [6.07, 6.45) is 0. The molecule has 0 bridgehead atoms. The Hall–Kier alpha value is -3.21. The summed E-state index contributed by atoms with van der Waals surface area (Å²) in [6, 6.07) is 3.91. The molecule has 0 aliphatic heterocycles. The second-order valence-electron chi connectivity index (χ2n) is 5.44. The third-order valence-electron chi connectivity index (χ3n) is 3.70. The maximum absolute atomic E-state index is 12.7. The molecule has 10 nitrogen and oxygen atoms in total. The number of primary amides is 1. The van der Waals surface area contributed by atoms with Crippen LogP contribution in [0.25, 0.3) is 0 Å². The van der Waals surface area contributed by atoms with Crippen LogP contribution in [-0.4, -0.2) is 41.1 Å². The number of ether oxygens (including phenoxy) is 3. The highest BCUT2D eigenvalue weighted by atomic mass is 32.2. The second-order valence-corrected chi connectivity index (χ2v) is 7.13. The van der Waals surface area contributed by atoms with Gasteiger partial charge < -0.3 is 24.4 Å². The molecule has 0 saturated carbocycles. The van der Waals surface area contributed by atoms with E-state index in [-0.39, 0.29) is 28.6 Å². The average molecular weight is 412 g/mol. The van der Waals surface area contributed by atoms with Crippen molar-refractivity contribution in [3.05, 3.63) is 35.1 Å². The van der Waals surface area contributed by atoms with Crippen LogP contribution in [-0.2, 0) is 14.8 Å². The Morgan fingerprint density at radius 1 is 1.14 bits per heavy atom. The van der Waals surface area contributed by atoms with Gasteiger partial charge in [0.05, 0.1) is 25.7 Å². The molecule has 11 heteroatoms. The first-order valence-electron chi connectivity index (χ1n) is 8.01. The van der Waals surface area contributed by atoms with Crippen LogP contribution in [0.1, 0.15) is 33.4 Å². The van der Waals surface area contributed by atoms with Crippen LogP contribution in [0.5, 0.6) is 11.5 Å². The molecule has 0 aliphatic carbocycles. The monoisotopic (exact) mass is 412 g/mol. The fourth-order valence-electron chi connectivity index (χ4n) is 2.47. The van der Waals surface area contributed by atoms with E-state index in [0.29, 0.717) is 5.75 Å². The van der Waals surface area contributed by atoms with Gasteiger partial charge in [-0.2, -0.15) is 0 Å². The molecule has 1 amide bonds. The summed E-state index contributed by atoms with van der Waals surface area (Å²) >= 11 is 0. The number of furan rings is 1. The summed E-state index contributed by atoms with van der Waals surface area (Å²) < 4.78 is 47.9. The highest BCUT2D eigenvalue weighted by Gasteiger charge is 2.31. The molecule has 1 aromatic heterocycles. The Morgan fingerprint density at radius 2 is 1.79 bits per heavy atom. The van der Waals surface area contributed by atoms with Crippen LogP contribution in [0.15, 0.2) is 27.5 Å². The molecule has 152 valence electrons. The number of anilines is 1. The predicted molar refractivity (Wildman–Crippen MR) is 98.3 cm³/mol. The summed E-state index contributed by atoms with van der Waals surface area (Å²) in [4.78, 5) is 23.8. The van der Waals surface area contributed by atoms with Crippen molar-refractivity contribution in [1.29, 1.82) is 0 Å². The first kappa shape index (κ1) is 21.1. The van der Waals surface area contributed by atoms with E-state index >= 15 is 0 Å². The van der Waals surface area contributed by atoms with Crippen molar-refractivity contribution in [2.24, 2.45) is 5.73 Å². The minimum atomic E-state index is -4.21. The van der Waals surface area contributed by atoms with E-state index in [2.05, 4.69) is 4.72 Å². The van der Waals surface area contributed by atoms with E-state index in [1.54, 1.807) is 6.92 Å². The van der Waals surface area contributed by atoms with Gasteiger partial charge in [0.1, 0.15) is 16.9 Å². The summed E-state index contributed by atoms with van der Waals surface area (Å²) in [5.41, 5.74) is 4.67. The normalized spacial score (nSPS) is 11.0. The van der Waals surface area contributed by atoms with Gasteiger partial charge in [0, 0.05) is 6.07 Å². The van der Waals surface area contributed by atoms with Crippen molar-refractivity contribution >= 4 is 27.8 Å². The lowest BCUT2D eigenvalue weighted by atomic mass is 10.1.